The van der Waals surface area contributed by atoms with E-state index in [-0.39, 0.29) is 100 Å². The Morgan fingerprint density at radius 1 is 0.472 bits per heavy atom. The minimum absolute atomic E-state index is 0.0624. The van der Waals surface area contributed by atoms with Crippen LogP contribution in [0.25, 0.3) is 0 Å². The van der Waals surface area contributed by atoms with Crippen molar-refractivity contribution in [2.45, 2.75) is 209 Å². The number of rotatable bonds is 33. The highest BCUT2D eigenvalue weighted by Gasteiger charge is 2.45. The maximum absolute atomic E-state index is 13.7. The molecular weight excluding hydrogens is 1200 g/mol. The molecule has 0 heterocycles. The van der Waals surface area contributed by atoms with Crippen LogP contribution in [0.1, 0.15) is 133 Å². The molecule has 8 atom stereocenters. The van der Waals surface area contributed by atoms with Crippen LogP contribution in [0.15, 0.2) is 25.3 Å². The molecule has 6 amide bonds. The first-order valence-electron chi connectivity index (χ1n) is 31.1. The van der Waals surface area contributed by atoms with Gasteiger partial charge in [0.1, 0.15) is 45.7 Å². The number of esters is 2. The van der Waals surface area contributed by atoms with Crippen molar-refractivity contribution in [2.24, 2.45) is 32.5 Å². The lowest BCUT2D eigenvalue weighted by Crippen LogP contribution is -2.51. The molecule has 3 aliphatic rings. The molecule has 0 spiro atoms. The zero-order chi connectivity index (χ0) is 67.1. The van der Waals surface area contributed by atoms with Gasteiger partial charge in [0, 0.05) is 56.5 Å². The zero-order valence-electron chi connectivity index (χ0n) is 56.3. The maximum atomic E-state index is 13.7. The van der Waals surface area contributed by atoms with Gasteiger partial charge in [0.05, 0.1) is 6.61 Å². The molecule has 28 heteroatoms. The highest BCUT2D eigenvalue weighted by molar-refractivity contribution is 6.81. The van der Waals surface area contributed by atoms with Crippen molar-refractivity contribution < 1.29 is 89.2 Å². The summed E-state index contributed by atoms with van der Waals surface area (Å²) in [6.45, 7) is 39.8. The van der Waals surface area contributed by atoms with Gasteiger partial charge in [-0.3, -0.25) is 0 Å². The van der Waals surface area contributed by atoms with Crippen molar-refractivity contribution in [1.29, 1.82) is 0 Å². The van der Waals surface area contributed by atoms with Gasteiger partial charge < -0.3 is 82.8 Å². The Kier molecular flexibility index (Phi) is 30.5. The van der Waals surface area contributed by atoms with Crippen LogP contribution in [0.3, 0.4) is 0 Å². The lowest BCUT2D eigenvalue weighted by Gasteiger charge is -2.46. The summed E-state index contributed by atoms with van der Waals surface area (Å²) >= 11 is 0. The molecular formula is C61H109N6O19Si3. The monoisotopic (exact) mass is 1310 g/mol. The van der Waals surface area contributed by atoms with Gasteiger partial charge in [0.2, 0.25) is 0 Å². The fraction of sp³-hybridized carbons (Fsp3) is 0.803. The van der Waals surface area contributed by atoms with Gasteiger partial charge in [-0.05, 0) is 149 Å². The Labute approximate surface area is 532 Å². The Morgan fingerprint density at radius 3 is 1.24 bits per heavy atom. The Balaban J connectivity index is 1.56. The zero-order valence-corrected chi connectivity index (χ0v) is 59.3. The first-order chi connectivity index (χ1) is 41.1. The fourth-order valence-corrected chi connectivity index (χ4v) is 20.3. The third-order valence-electron chi connectivity index (χ3n) is 15.0. The fourth-order valence-electron chi connectivity index (χ4n) is 13.1. The highest BCUT2D eigenvalue weighted by atomic mass is 28.4. The van der Waals surface area contributed by atoms with Crippen molar-refractivity contribution in [3.8, 4) is 0 Å². The van der Waals surface area contributed by atoms with Crippen LogP contribution in [0.4, 0.5) is 28.8 Å². The van der Waals surface area contributed by atoms with Crippen LogP contribution >= 0.6 is 0 Å². The Hall–Kier alpha value is -5.43. The average Bonchev–Trinajstić information content (AvgIpc) is 1.52. The third kappa shape index (κ3) is 33.5. The second kappa shape index (κ2) is 34.8. The quantitative estimate of drug-likeness (QED) is 0.0117. The van der Waals surface area contributed by atoms with E-state index in [1.807, 2.05) is 20.8 Å². The molecule has 509 valence electrons. The molecule has 6 N–H and O–H groups in total. The first-order valence-corrected chi connectivity index (χ1v) is 39.4. The summed E-state index contributed by atoms with van der Waals surface area (Å²) < 4.78 is 61.9. The van der Waals surface area contributed by atoms with Gasteiger partial charge in [-0.2, -0.15) is 0 Å². The van der Waals surface area contributed by atoms with E-state index in [0.717, 1.165) is 31.4 Å². The molecule has 1 radical (unpaired) electrons. The van der Waals surface area contributed by atoms with E-state index in [4.69, 9.17) is 50.9 Å². The second-order valence-electron chi connectivity index (χ2n) is 29.7. The lowest BCUT2D eigenvalue weighted by molar-refractivity contribution is -0.139. The summed E-state index contributed by atoms with van der Waals surface area (Å²) in [5.74, 6) is -1.23. The summed E-state index contributed by atoms with van der Waals surface area (Å²) in [6, 6.07) is -0.183. The normalized spacial score (nSPS) is 24.3. The van der Waals surface area contributed by atoms with Crippen LogP contribution in [0, 0.1) is 32.5 Å². The topological polar surface area (TPSA) is 310 Å². The molecule has 0 aromatic carbocycles. The minimum atomic E-state index is -1.88. The molecule has 3 aliphatic carbocycles. The first kappa shape index (κ1) is 77.8. The SMILES string of the molecule is C=CC(=O)OCCOC(=O)NCC1(C)CC(NC(=O)OCC(C)OC(=O)NCC2(C)CC(NC(=O)OCC(COCCC[Si](O[Si](C)(C)C)O[Si](C)(C)C)OC(=O)NCC3(C)CC(NC(=O)OCCOC(=O)C=C)CC(C)(C)C3)CC(C)(C)C2)CC(C)(C)C1. The summed E-state index contributed by atoms with van der Waals surface area (Å²) in [6.07, 6.45) is 2.59. The van der Waals surface area contributed by atoms with E-state index in [1.165, 1.54) is 0 Å². The van der Waals surface area contributed by atoms with E-state index in [0.29, 0.717) is 57.6 Å². The summed E-state index contributed by atoms with van der Waals surface area (Å²) in [7, 11) is -5.32. The number of carbonyl (C=O) groups excluding carboxylic acids is 8. The van der Waals surface area contributed by atoms with Crippen molar-refractivity contribution in [3.63, 3.8) is 0 Å². The molecule has 0 bridgehead atoms. The summed E-state index contributed by atoms with van der Waals surface area (Å²) in [5, 5.41) is 17.5. The van der Waals surface area contributed by atoms with Crippen molar-refractivity contribution in [3.05, 3.63) is 25.3 Å². The molecule has 0 aliphatic heterocycles. The largest absolute Gasteiger partial charge is 0.459 e. The van der Waals surface area contributed by atoms with Gasteiger partial charge in [-0.15, -0.1) is 0 Å². The number of amides is 6. The van der Waals surface area contributed by atoms with Gasteiger partial charge in [0.25, 0.3) is 0 Å². The molecule has 0 aromatic heterocycles. The minimum Gasteiger partial charge on any atom is -0.459 e. The molecule has 3 saturated carbocycles. The number of carbonyl (C=O) groups is 8. The molecule has 3 fully saturated rings. The van der Waals surface area contributed by atoms with Crippen LogP contribution in [-0.4, -0.2) is 177 Å². The van der Waals surface area contributed by atoms with Crippen molar-refractivity contribution in [1.82, 2.24) is 31.9 Å². The highest BCUT2D eigenvalue weighted by Crippen LogP contribution is 2.48. The van der Waals surface area contributed by atoms with Gasteiger partial charge in [-0.1, -0.05) is 75.5 Å². The third-order valence-corrected chi connectivity index (χ3v) is 22.5. The van der Waals surface area contributed by atoms with Crippen LogP contribution < -0.4 is 31.9 Å². The van der Waals surface area contributed by atoms with Gasteiger partial charge >= 0.3 is 57.8 Å². The van der Waals surface area contributed by atoms with Gasteiger partial charge in [-0.25, -0.2) is 38.4 Å². The maximum Gasteiger partial charge on any atom is 0.407 e. The van der Waals surface area contributed by atoms with Crippen LogP contribution in [0.2, 0.25) is 45.3 Å². The molecule has 0 saturated heterocycles. The predicted molar refractivity (Wildman–Crippen MR) is 341 cm³/mol. The van der Waals surface area contributed by atoms with E-state index in [1.54, 1.807) is 6.92 Å². The molecule has 25 nitrogen and oxygen atoms in total. The van der Waals surface area contributed by atoms with Crippen molar-refractivity contribution >= 4 is 74.4 Å². The van der Waals surface area contributed by atoms with Crippen molar-refractivity contribution in [2.75, 3.05) is 72.5 Å². The number of hydrogen-bond donors (Lipinski definition) is 6. The standard InChI is InChI=1S/C61H109N6O19Si3/c1-19-48(68)77-23-25-79-50(70)62-40-59(10)32-45(29-57(6,7)37-59)66-54(74)81-34-43(3)83-51(71)63-41-60(11)33-46(30-58(8,9)38-60)67-55(75)82-36-47(35-76-22-21-27-87(85-88(13,14)15)86-89(16,17)18)84-52(72)64-42-61(12)31-44(28-56(4,5)39-61)65-53(73)80-26-24-78-49(69)20-2/h19-20,43-47H,1-2,21-42H2,3-18H3,(H,62,70)(H,63,71)(H,64,72)(H,65,73)(H,66,74)(H,67,75). The summed E-state index contributed by atoms with van der Waals surface area (Å²) in [5.41, 5.74) is -1.98. The predicted octanol–water partition coefficient (Wildman–Crippen LogP) is 9.91. The van der Waals surface area contributed by atoms with E-state index >= 15 is 0 Å². The Bertz CT molecular complexity index is 2360. The number of ether oxygens (including phenoxy) is 9. The smallest absolute Gasteiger partial charge is 0.407 e. The second-order valence-corrected chi connectivity index (χ2v) is 41.0. The Morgan fingerprint density at radius 2 is 0.831 bits per heavy atom. The molecule has 8 unspecified atom stereocenters. The summed E-state index contributed by atoms with van der Waals surface area (Å²) in [4.78, 5) is 101. The number of alkyl carbamates (subject to hydrolysis) is 6. The molecule has 89 heavy (non-hydrogen) atoms. The van der Waals surface area contributed by atoms with E-state index < -0.39 is 103 Å². The average molecular weight is 1310 g/mol. The van der Waals surface area contributed by atoms with E-state index in [2.05, 4.69) is 126 Å². The van der Waals surface area contributed by atoms with Crippen LogP contribution in [0.5, 0.6) is 0 Å². The number of hydrogen-bond acceptors (Lipinski definition) is 19. The number of nitrogens with one attached hydrogen (secondary N) is 6. The lowest BCUT2D eigenvalue weighted by atomic mass is 9.62. The van der Waals surface area contributed by atoms with Crippen LogP contribution in [-0.2, 0) is 60.5 Å². The molecule has 3 rings (SSSR count). The van der Waals surface area contributed by atoms with Gasteiger partial charge in [0.15, 0.2) is 22.7 Å². The van der Waals surface area contributed by atoms with E-state index in [9.17, 15) is 38.4 Å². The molecule has 0 aromatic rings.